The van der Waals surface area contributed by atoms with Crippen LogP contribution in [0.15, 0.2) is 53.5 Å². The van der Waals surface area contributed by atoms with Gasteiger partial charge < -0.3 is 5.73 Å². The van der Waals surface area contributed by atoms with Crippen LogP contribution in [0.3, 0.4) is 0 Å². The second-order valence-corrected chi connectivity index (χ2v) is 4.72. The normalized spacial score (nSPS) is 11.6. The molecule has 0 bridgehead atoms. The summed E-state index contributed by atoms with van der Waals surface area (Å²) in [5, 5.41) is 0. The summed E-state index contributed by atoms with van der Waals surface area (Å²) in [6.45, 7) is 4.26. The van der Waals surface area contributed by atoms with Gasteiger partial charge in [0.15, 0.2) is 0 Å². The van der Waals surface area contributed by atoms with Gasteiger partial charge in [0.05, 0.1) is 5.69 Å². The highest BCUT2D eigenvalue weighted by Gasteiger charge is 2.04. The van der Waals surface area contributed by atoms with E-state index in [0.29, 0.717) is 0 Å². The van der Waals surface area contributed by atoms with Crippen LogP contribution >= 0.6 is 0 Å². The molecule has 2 heteroatoms. The molecule has 0 aliphatic carbocycles. The van der Waals surface area contributed by atoms with Crippen LogP contribution in [-0.2, 0) is 0 Å². The van der Waals surface area contributed by atoms with Crippen molar-refractivity contribution in [1.82, 2.24) is 0 Å². The molecular formula is C17H20N2. The van der Waals surface area contributed by atoms with Gasteiger partial charge >= 0.3 is 0 Å². The molecule has 2 nitrogen and oxygen atoms in total. The van der Waals surface area contributed by atoms with Crippen molar-refractivity contribution in [3.63, 3.8) is 0 Å². The Balaban J connectivity index is 2.40. The van der Waals surface area contributed by atoms with Crippen LogP contribution in [0.25, 0.3) is 0 Å². The van der Waals surface area contributed by atoms with Crippen LogP contribution in [0.5, 0.6) is 0 Å². The molecule has 0 aliphatic heterocycles. The van der Waals surface area contributed by atoms with E-state index in [1.165, 1.54) is 5.56 Å². The molecule has 0 fully saturated rings. The van der Waals surface area contributed by atoms with Gasteiger partial charge in [-0.2, -0.15) is 0 Å². The number of aliphatic imine (C=N–C) groups is 1. The molecule has 2 aromatic carbocycles. The summed E-state index contributed by atoms with van der Waals surface area (Å²) in [7, 11) is 0. The molecule has 0 aliphatic rings. The van der Waals surface area contributed by atoms with Gasteiger partial charge in [-0.05, 0) is 42.7 Å². The number of anilines is 1. The summed E-state index contributed by atoms with van der Waals surface area (Å²) in [5.74, 6) is 0. The lowest BCUT2D eigenvalue weighted by Crippen LogP contribution is -2.00. The molecule has 0 amide bonds. The van der Waals surface area contributed by atoms with E-state index in [-0.39, 0.29) is 0 Å². The molecule has 0 saturated heterocycles. The first-order valence-corrected chi connectivity index (χ1v) is 6.70. The fraction of sp³-hybridized carbons (Fsp3) is 0.235. The SMILES string of the molecule is CCC/C(=N\c1ccccc1C)c1ccc(N)cc1. The highest BCUT2D eigenvalue weighted by Crippen LogP contribution is 2.20. The quantitative estimate of drug-likeness (QED) is 0.631. The summed E-state index contributed by atoms with van der Waals surface area (Å²) in [6, 6.07) is 16.2. The highest BCUT2D eigenvalue weighted by molar-refractivity contribution is 6.02. The van der Waals surface area contributed by atoms with E-state index < -0.39 is 0 Å². The Morgan fingerprint density at radius 1 is 1.05 bits per heavy atom. The maximum atomic E-state index is 5.74. The van der Waals surface area contributed by atoms with Crippen LogP contribution in [0.1, 0.15) is 30.9 Å². The number of para-hydroxylation sites is 1. The van der Waals surface area contributed by atoms with Gasteiger partial charge in [-0.25, -0.2) is 0 Å². The number of hydrogen-bond donors (Lipinski definition) is 1. The lowest BCUT2D eigenvalue weighted by Gasteiger charge is -2.08. The predicted molar refractivity (Wildman–Crippen MR) is 83.1 cm³/mol. The molecule has 2 N–H and O–H groups in total. The third-order valence-electron chi connectivity index (χ3n) is 3.10. The van der Waals surface area contributed by atoms with Gasteiger partial charge in [-0.1, -0.05) is 43.7 Å². The van der Waals surface area contributed by atoms with E-state index in [0.717, 1.165) is 35.5 Å². The van der Waals surface area contributed by atoms with Crippen LogP contribution in [0.4, 0.5) is 11.4 Å². The van der Waals surface area contributed by atoms with Crippen molar-refractivity contribution in [3.8, 4) is 0 Å². The first-order chi connectivity index (χ1) is 9.20. The van der Waals surface area contributed by atoms with Crippen LogP contribution in [0, 0.1) is 6.92 Å². The number of nitrogens with zero attached hydrogens (tertiary/aromatic N) is 1. The van der Waals surface area contributed by atoms with E-state index in [1.807, 2.05) is 36.4 Å². The zero-order chi connectivity index (χ0) is 13.7. The van der Waals surface area contributed by atoms with Gasteiger partial charge in [0.25, 0.3) is 0 Å². The Labute approximate surface area is 115 Å². The largest absolute Gasteiger partial charge is 0.399 e. The first-order valence-electron chi connectivity index (χ1n) is 6.70. The fourth-order valence-electron chi connectivity index (χ4n) is 2.01. The zero-order valence-electron chi connectivity index (χ0n) is 11.6. The van der Waals surface area contributed by atoms with Crippen LogP contribution in [-0.4, -0.2) is 5.71 Å². The molecule has 0 aromatic heterocycles. The topological polar surface area (TPSA) is 38.4 Å². The third kappa shape index (κ3) is 3.44. The Kier molecular flexibility index (Phi) is 4.35. The highest BCUT2D eigenvalue weighted by atomic mass is 14.7. The van der Waals surface area contributed by atoms with E-state index in [4.69, 9.17) is 10.7 Å². The second kappa shape index (κ2) is 6.19. The number of nitrogen functional groups attached to an aromatic ring is 1. The maximum absolute atomic E-state index is 5.74. The Morgan fingerprint density at radius 3 is 2.37 bits per heavy atom. The molecule has 0 atom stereocenters. The molecular weight excluding hydrogens is 232 g/mol. The standard InChI is InChI=1S/C17H20N2/c1-3-6-17(14-9-11-15(18)12-10-14)19-16-8-5-4-7-13(16)2/h4-5,7-12H,3,6,18H2,1-2H3/b19-17+. The van der Waals surface area contributed by atoms with E-state index >= 15 is 0 Å². The van der Waals surface area contributed by atoms with E-state index in [2.05, 4.69) is 26.0 Å². The molecule has 98 valence electrons. The van der Waals surface area contributed by atoms with Crippen LogP contribution < -0.4 is 5.73 Å². The number of hydrogen-bond acceptors (Lipinski definition) is 2. The number of nitrogens with two attached hydrogens (primary N) is 1. The molecule has 19 heavy (non-hydrogen) atoms. The van der Waals surface area contributed by atoms with Crippen LogP contribution in [0.2, 0.25) is 0 Å². The van der Waals surface area contributed by atoms with Gasteiger partial charge in [-0.15, -0.1) is 0 Å². The lowest BCUT2D eigenvalue weighted by atomic mass is 10.1. The van der Waals surface area contributed by atoms with Gasteiger partial charge in [0, 0.05) is 11.4 Å². The monoisotopic (exact) mass is 252 g/mol. The maximum Gasteiger partial charge on any atom is 0.0662 e. The van der Waals surface area contributed by atoms with Gasteiger partial charge in [0.2, 0.25) is 0 Å². The Morgan fingerprint density at radius 2 is 1.74 bits per heavy atom. The third-order valence-corrected chi connectivity index (χ3v) is 3.10. The minimum atomic E-state index is 0.787. The molecule has 0 heterocycles. The zero-order valence-corrected chi connectivity index (χ0v) is 11.6. The fourth-order valence-corrected chi connectivity index (χ4v) is 2.01. The van der Waals surface area contributed by atoms with Crippen molar-refractivity contribution in [2.75, 3.05) is 5.73 Å². The summed E-state index contributed by atoms with van der Waals surface area (Å²) >= 11 is 0. The first kappa shape index (κ1) is 13.3. The van der Waals surface area contributed by atoms with Crippen molar-refractivity contribution in [1.29, 1.82) is 0 Å². The molecule has 0 spiro atoms. The Hall–Kier alpha value is -2.09. The van der Waals surface area contributed by atoms with Gasteiger partial charge in [0.1, 0.15) is 0 Å². The number of rotatable bonds is 4. The Bertz CT molecular complexity index is 568. The smallest absolute Gasteiger partial charge is 0.0662 e. The summed E-state index contributed by atoms with van der Waals surface area (Å²) in [4.78, 5) is 4.82. The summed E-state index contributed by atoms with van der Waals surface area (Å²) < 4.78 is 0. The lowest BCUT2D eigenvalue weighted by molar-refractivity contribution is 0.992. The number of benzene rings is 2. The minimum absolute atomic E-state index is 0.787. The van der Waals surface area contributed by atoms with Crippen molar-refractivity contribution in [2.24, 2.45) is 4.99 Å². The molecule has 0 saturated carbocycles. The van der Waals surface area contributed by atoms with Crippen molar-refractivity contribution >= 4 is 17.1 Å². The van der Waals surface area contributed by atoms with Gasteiger partial charge in [-0.3, -0.25) is 4.99 Å². The predicted octanol–water partition coefficient (Wildman–Crippen LogP) is 4.50. The second-order valence-electron chi connectivity index (χ2n) is 4.72. The summed E-state index contributed by atoms with van der Waals surface area (Å²) in [6.07, 6.45) is 2.05. The molecule has 0 radical (unpaired) electrons. The summed E-state index contributed by atoms with van der Waals surface area (Å²) in [5.41, 5.74) is 11.0. The molecule has 2 rings (SSSR count). The molecule has 0 unspecified atom stereocenters. The van der Waals surface area contributed by atoms with E-state index in [9.17, 15) is 0 Å². The average molecular weight is 252 g/mol. The number of aryl methyl sites for hydroxylation is 1. The van der Waals surface area contributed by atoms with Crippen molar-refractivity contribution in [2.45, 2.75) is 26.7 Å². The molecule has 2 aromatic rings. The van der Waals surface area contributed by atoms with Crippen molar-refractivity contribution < 1.29 is 0 Å². The average Bonchev–Trinajstić information content (AvgIpc) is 2.42. The van der Waals surface area contributed by atoms with E-state index in [1.54, 1.807) is 0 Å². The minimum Gasteiger partial charge on any atom is -0.399 e. The van der Waals surface area contributed by atoms with Crippen molar-refractivity contribution in [3.05, 3.63) is 59.7 Å².